The number of hydrogen-bond acceptors (Lipinski definition) is 2. The minimum Gasteiger partial charge on any atom is -0.398 e. The third kappa shape index (κ3) is 2.21. The molecule has 1 rings (SSSR count). The summed E-state index contributed by atoms with van der Waals surface area (Å²) in [6, 6.07) is 7.54. The molecule has 0 aliphatic carbocycles. The van der Waals surface area contributed by atoms with E-state index in [-0.39, 0.29) is 0 Å². The molecule has 0 unspecified atom stereocenters. The van der Waals surface area contributed by atoms with Crippen LogP contribution in [0.5, 0.6) is 0 Å². The maximum Gasteiger partial charge on any atom is 0.0521 e. The summed E-state index contributed by atoms with van der Waals surface area (Å²) in [5.74, 6) is 6.31. The second-order valence-corrected chi connectivity index (χ2v) is 2.36. The molecule has 1 nitrogen and oxygen atoms in total. The van der Waals surface area contributed by atoms with Gasteiger partial charge in [-0.15, -0.1) is 0 Å². The lowest BCUT2D eigenvalue weighted by molar-refractivity contribution is 1.63. The predicted octanol–water partition coefficient (Wildman–Crippen LogP) is 1.55. The van der Waals surface area contributed by atoms with E-state index in [1.165, 1.54) is 0 Å². The van der Waals surface area contributed by atoms with E-state index < -0.39 is 0 Å². The SMILES string of the molecule is Nc1ccccc1C#CCS. The lowest BCUT2D eigenvalue weighted by atomic mass is 10.2. The van der Waals surface area contributed by atoms with Gasteiger partial charge >= 0.3 is 0 Å². The smallest absolute Gasteiger partial charge is 0.0521 e. The topological polar surface area (TPSA) is 26.0 Å². The molecule has 2 heteroatoms. The van der Waals surface area contributed by atoms with Crippen molar-refractivity contribution in [3.8, 4) is 11.8 Å². The number of thiol groups is 1. The first-order valence-corrected chi connectivity index (χ1v) is 3.92. The van der Waals surface area contributed by atoms with Crippen molar-refractivity contribution in [1.29, 1.82) is 0 Å². The van der Waals surface area contributed by atoms with Crippen LogP contribution in [0.2, 0.25) is 0 Å². The van der Waals surface area contributed by atoms with Crippen LogP contribution in [-0.4, -0.2) is 5.75 Å². The molecule has 2 N–H and O–H groups in total. The van der Waals surface area contributed by atoms with Gasteiger partial charge < -0.3 is 5.73 Å². The van der Waals surface area contributed by atoms with Gasteiger partial charge in [-0.3, -0.25) is 0 Å². The van der Waals surface area contributed by atoms with Gasteiger partial charge in [-0.25, -0.2) is 0 Å². The molecule has 0 fully saturated rings. The molecule has 0 aliphatic heterocycles. The molecule has 0 spiro atoms. The van der Waals surface area contributed by atoms with Crippen molar-refractivity contribution in [2.24, 2.45) is 0 Å². The van der Waals surface area contributed by atoms with E-state index in [0.717, 1.165) is 11.3 Å². The Morgan fingerprint density at radius 1 is 1.36 bits per heavy atom. The van der Waals surface area contributed by atoms with Gasteiger partial charge in [-0.1, -0.05) is 24.0 Å². The van der Waals surface area contributed by atoms with Gasteiger partial charge in [0.05, 0.1) is 5.75 Å². The number of benzene rings is 1. The highest BCUT2D eigenvalue weighted by Crippen LogP contribution is 2.07. The number of para-hydroxylation sites is 1. The number of anilines is 1. The highest BCUT2D eigenvalue weighted by molar-refractivity contribution is 7.80. The lowest BCUT2D eigenvalue weighted by Crippen LogP contribution is -1.88. The van der Waals surface area contributed by atoms with Crippen LogP contribution in [-0.2, 0) is 0 Å². The largest absolute Gasteiger partial charge is 0.398 e. The van der Waals surface area contributed by atoms with Gasteiger partial charge in [-0.05, 0) is 12.1 Å². The maximum atomic E-state index is 5.63. The summed E-state index contributed by atoms with van der Waals surface area (Å²) in [5.41, 5.74) is 7.23. The van der Waals surface area contributed by atoms with Crippen molar-refractivity contribution in [3.63, 3.8) is 0 Å². The first kappa shape index (κ1) is 8.03. The van der Waals surface area contributed by atoms with Gasteiger partial charge in [0.25, 0.3) is 0 Å². The average molecular weight is 163 g/mol. The van der Waals surface area contributed by atoms with Crippen LogP contribution in [0.15, 0.2) is 24.3 Å². The quantitative estimate of drug-likeness (QED) is 0.339. The first-order chi connectivity index (χ1) is 5.34. The van der Waals surface area contributed by atoms with Gasteiger partial charge in [0.1, 0.15) is 0 Å². The molecule has 0 saturated carbocycles. The van der Waals surface area contributed by atoms with Crippen LogP contribution in [0.4, 0.5) is 5.69 Å². The molecule has 0 bridgehead atoms. The van der Waals surface area contributed by atoms with Gasteiger partial charge in [0.15, 0.2) is 0 Å². The number of nitrogens with two attached hydrogens (primary N) is 1. The maximum absolute atomic E-state index is 5.63. The Hall–Kier alpha value is -1.07. The fourth-order valence-corrected chi connectivity index (χ4v) is 0.825. The molecule has 11 heavy (non-hydrogen) atoms. The van der Waals surface area contributed by atoms with E-state index >= 15 is 0 Å². The van der Waals surface area contributed by atoms with Crippen molar-refractivity contribution in [3.05, 3.63) is 29.8 Å². The molecule has 0 saturated heterocycles. The van der Waals surface area contributed by atoms with Crippen LogP contribution >= 0.6 is 12.6 Å². The highest BCUT2D eigenvalue weighted by atomic mass is 32.1. The fraction of sp³-hybridized carbons (Fsp3) is 0.111. The van der Waals surface area contributed by atoms with Crippen molar-refractivity contribution in [2.45, 2.75) is 0 Å². The van der Waals surface area contributed by atoms with Crippen molar-refractivity contribution >= 4 is 18.3 Å². The van der Waals surface area contributed by atoms with E-state index in [2.05, 4.69) is 24.5 Å². The van der Waals surface area contributed by atoms with E-state index in [1.807, 2.05) is 24.3 Å². The van der Waals surface area contributed by atoms with Crippen LogP contribution in [0.1, 0.15) is 5.56 Å². The Morgan fingerprint density at radius 3 is 2.73 bits per heavy atom. The van der Waals surface area contributed by atoms with E-state index in [9.17, 15) is 0 Å². The van der Waals surface area contributed by atoms with Crippen molar-refractivity contribution < 1.29 is 0 Å². The molecule has 0 radical (unpaired) electrons. The van der Waals surface area contributed by atoms with Gasteiger partial charge in [0.2, 0.25) is 0 Å². The van der Waals surface area contributed by atoms with Crippen LogP contribution < -0.4 is 5.73 Å². The minimum atomic E-state index is 0.564. The summed E-state index contributed by atoms with van der Waals surface area (Å²) >= 11 is 3.97. The Bertz CT molecular complexity index is 296. The average Bonchev–Trinajstić information content (AvgIpc) is 2.03. The molecule has 0 amide bonds. The zero-order valence-electron chi connectivity index (χ0n) is 6.04. The number of nitrogen functional groups attached to an aromatic ring is 1. The van der Waals surface area contributed by atoms with Crippen LogP contribution in [0.25, 0.3) is 0 Å². The highest BCUT2D eigenvalue weighted by Gasteiger charge is 1.89. The Kier molecular flexibility index (Phi) is 2.88. The Labute approximate surface area is 72.0 Å². The molecule has 0 aromatic heterocycles. The van der Waals surface area contributed by atoms with E-state index in [0.29, 0.717) is 5.75 Å². The van der Waals surface area contributed by atoms with Gasteiger partial charge in [0, 0.05) is 11.3 Å². The lowest BCUT2D eigenvalue weighted by Gasteiger charge is -1.94. The predicted molar refractivity (Wildman–Crippen MR) is 51.6 cm³/mol. The third-order valence-electron chi connectivity index (χ3n) is 1.26. The second-order valence-electron chi connectivity index (χ2n) is 2.05. The first-order valence-electron chi connectivity index (χ1n) is 3.29. The van der Waals surface area contributed by atoms with Gasteiger partial charge in [-0.2, -0.15) is 12.6 Å². The zero-order valence-corrected chi connectivity index (χ0v) is 6.94. The summed E-state index contributed by atoms with van der Waals surface area (Å²) < 4.78 is 0. The van der Waals surface area contributed by atoms with E-state index in [4.69, 9.17) is 5.73 Å². The molecule has 1 aromatic rings. The fourth-order valence-electron chi connectivity index (χ4n) is 0.746. The zero-order chi connectivity index (χ0) is 8.10. The summed E-state index contributed by atoms with van der Waals surface area (Å²) in [7, 11) is 0. The Morgan fingerprint density at radius 2 is 2.09 bits per heavy atom. The molecule has 0 atom stereocenters. The number of rotatable bonds is 0. The van der Waals surface area contributed by atoms with Crippen LogP contribution in [0.3, 0.4) is 0 Å². The monoisotopic (exact) mass is 163 g/mol. The minimum absolute atomic E-state index is 0.564. The van der Waals surface area contributed by atoms with Crippen LogP contribution in [0, 0.1) is 11.8 Å². The standard InChI is InChI=1S/C9H9NS/c10-9-6-2-1-4-8(9)5-3-7-11/h1-2,4,6,11H,7,10H2. The molecular formula is C9H9NS. The molecule has 1 aromatic carbocycles. The summed E-state index contributed by atoms with van der Waals surface area (Å²) in [4.78, 5) is 0. The normalized spacial score (nSPS) is 8.45. The molecule has 56 valence electrons. The summed E-state index contributed by atoms with van der Waals surface area (Å²) in [6.45, 7) is 0. The molecule has 0 heterocycles. The third-order valence-corrected chi connectivity index (χ3v) is 1.42. The van der Waals surface area contributed by atoms with Crippen molar-refractivity contribution in [1.82, 2.24) is 0 Å². The second kappa shape index (κ2) is 3.95. The summed E-state index contributed by atoms with van der Waals surface area (Å²) in [5, 5.41) is 0. The molecule has 0 aliphatic rings. The van der Waals surface area contributed by atoms with Crippen molar-refractivity contribution in [2.75, 3.05) is 11.5 Å². The van der Waals surface area contributed by atoms with E-state index in [1.54, 1.807) is 0 Å². The summed E-state index contributed by atoms with van der Waals surface area (Å²) in [6.07, 6.45) is 0. The molecular weight excluding hydrogens is 154 g/mol. The number of hydrogen-bond donors (Lipinski definition) is 2. The Balaban J connectivity index is 2.95.